The highest BCUT2D eigenvalue weighted by Crippen LogP contribution is 2.20. The summed E-state index contributed by atoms with van der Waals surface area (Å²) < 4.78 is 62.5. The molecule has 3 aromatic rings. The van der Waals surface area contributed by atoms with Crippen molar-refractivity contribution in [1.29, 1.82) is 0 Å². The van der Waals surface area contributed by atoms with E-state index in [0.717, 1.165) is 16.7 Å². The lowest BCUT2D eigenvalue weighted by molar-refractivity contribution is -0.192. The molecule has 5 N–H and O–H groups in total. The molecule has 0 radical (unpaired) electrons. The van der Waals surface area contributed by atoms with Gasteiger partial charge in [-0.15, -0.1) is 0 Å². The molecule has 11 nitrogen and oxygen atoms in total. The second-order valence-corrected chi connectivity index (χ2v) is 8.87. The summed E-state index contributed by atoms with van der Waals surface area (Å²) in [5.41, 5.74) is 5.46. The van der Waals surface area contributed by atoms with Crippen LogP contribution < -0.4 is 22.3 Å². The van der Waals surface area contributed by atoms with E-state index in [1.54, 1.807) is 38.2 Å². The summed E-state index contributed by atoms with van der Waals surface area (Å²) in [6, 6.07) is 6.67. The standard InChI is InChI=1S/C24H24F2N4O5.C2HF3O2/c1-12-19(22(32)30(3)24(35)29(12)2)15-6-4-13(5-7-15)10-18(23(33)34)28-21(31)20-16(25)8-14(11-27)9-17(20)26;3-2(4,5)1(6)7/h4-9,18H,10-11,27H2,1-3H3,(H,28,31)(H,33,34);(H,6,7)/t18-;/m0./s1. The molecule has 0 fully saturated rings. The van der Waals surface area contributed by atoms with Crippen molar-refractivity contribution in [2.24, 2.45) is 19.8 Å². The average molecular weight is 600 g/mol. The number of alkyl halides is 3. The molecule has 0 aliphatic rings. The van der Waals surface area contributed by atoms with Gasteiger partial charge in [0.05, 0.1) is 5.56 Å². The molecule has 1 atom stereocenters. The Bertz CT molecular complexity index is 1610. The number of carbonyl (C=O) groups is 3. The van der Waals surface area contributed by atoms with Crippen molar-refractivity contribution in [3.63, 3.8) is 0 Å². The molecular weight excluding hydrogens is 575 g/mol. The SMILES string of the molecule is Cc1c(-c2ccc(C[C@H](NC(=O)c3c(F)cc(CN)cc3F)C(=O)O)cc2)c(=O)n(C)c(=O)n1C.O=C(O)C(F)(F)F. The Kier molecular flexibility index (Phi) is 10.5. The maximum absolute atomic E-state index is 14.2. The summed E-state index contributed by atoms with van der Waals surface area (Å²) >= 11 is 0. The lowest BCUT2D eigenvalue weighted by Crippen LogP contribution is -2.43. The zero-order valence-electron chi connectivity index (χ0n) is 22.3. The van der Waals surface area contributed by atoms with Crippen LogP contribution in [0.4, 0.5) is 22.0 Å². The molecule has 0 saturated heterocycles. The second kappa shape index (κ2) is 13.2. The Morgan fingerprint density at radius 1 is 0.952 bits per heavy atom. The van der Waals surface area contributed by atoms with Gasteiger partial charge in [-0.25, -0.2) is 23.2 Å². The number of rotatable bonds is 7. The molecule has 0 bridgehead atoms. The minimum Gasteiger partial charge on any atom is -0.480 e. The van der Waals surface area contributed by atoms with Gasteiger partial charge >= 0.3 is 23.8 Å². The van der Waals surface area contributed by atoms with Gasteiger partial charge in [0.1, 0.15) is 23.2 Å². The van der Waals surface area contributed by atoms with Crippen LogP contribution in [0.3, 0.4) is 0 Å². The Labute approximate surface area is 233 Å². The lowest BCUT2D eigenvalue weighted by Gasteiger charge is -2.16. The number of nitrogens with one attached hydrogen (secondary N) is 1. The minimum atomic E-state index is -5.08. The van der Waals surface area contributed by atoms with E-state index in [1.165, 1.54) is 11.6 Å². The fourth-order valence-corrected chi connectivity index (χ4v) is 3.71. The second-order valence-electron chi connectivity index (χ2n) is 8.87. The summed E-state index contributed by atoms with van der Waals surface area (Å²) in [6.45, 7) is 1.51. The van der Waals surface area contributed by atoms with E-state index in [0.29, 0.717) is 22.4 Å². The number of halogens is 5. The lowest BCUT2D eigenvalue weighted by atomic mass is 10.00. The number of nitrogens with two attached hydrogens (primary N) is 1. The maximum Gasteiger partial charge on any atom is 0.490 e. The summed E-state index contributed by atoms with van der Waals surface area (Å²) in [7, 11) is 2.92. The Morgan fingerprint density at radius 3 is 1.88 bits per heavy atom. The average Bonchev–Trinajstić information content (AvgIpc) is 2.90. The highest BCUT2D eigenvalue weighted by Gasteiger charge is 2.38. The third kappa shape index (κ3) is 7.66. The first kappa shape index (κ1) is 33.3. The van der Waals surface area contributed by atoms with E-state index in [4.69, 9.17) is 15.6 Å². The minimum absolute atomic E-state index is 0.131. The van der Waals surface area contributed by atoms with Gasteiger partial charge in [0.2, 0.25) is 0 Å². The number of aliphatic carboxylic acids is 2. The molecule has 0 saturated carbocycles. The van der Waals surface area contributed by atoms with Crippen LogP contribution in [0.2, 0.25) is 0 Å². The van der Waals surface area contributed by atoms with Gasteiger partial charge < -0.3 is 25.8 Å². The van der Waals surface area contributed by atoms with Crippen LogP contribution in [0, 0.1) is 18.6 Å². The number of carbonyl (C=O) groups excluding carboxylic acids is 1. The molecule has 1 aromatic heterocycles. The summed E-state index contributed by atoms with van der Waals surface area (Å²) in [6.07, 6.45) is -5.27. The first-order chi connectivity index (χ1) is 19.4. The molecular formula is C26H25F5N4O7. The number of aromatic nitrogens is 2. The maximum atomic E-state index is 14.2. The van der Waals surface area contributed by atoms with Gasteiger partial charge in [0, 0.05) is 32.8 Å². The molecule has 1 heterocycles. The van der Waals surface area contributed by atoms with Crippen LogP contribution in [0.1, 0.15) is 27.2 Å². The van der Waals surface area contributed by atoms with Crippen LogP contribution in [-0.2, 0) is 36.6 Å². The Hall–Kier alpha value is -4.86. The van der Waals surface area contributed by atoms with Crippen molar-refractivity contribution in [1.82, 2.24) is 14.5 Å². The van der Waals surface area contributed by atoms with E-state index in [2.05, 4.69) is 5.32 Å². The topological polar surface area (TPSA) is 174 Å². The van der Waals surface area contributed by atoms with E-state index in [1.807, 2.05) is 0 Å². The number of amides is 1. The van der Waals surface area contributed by atoms with Crippen molar-refractivity contribution in [2.45, 2.75) is 32.1 Å². The predicted octanol–water partition coefficient (Wildman–Crippen LogP) is 1.86. The first-order valence-electron chi connectivity index (χ1n) is 11.8. The molecule has 1 amide bonds. The Balaban J connectivity index is 0.000000782. The Morgan fingerprint density at radius 2 is 1.45 bits per heavy atom. The normalized spacial score (nSPS) is 11.7. The predicted molar refractivity (Wildman–Crippen MR) is 138 cm³/mol. The first-order valence-corrected chi connectivity index (χ1v) is 11.8. The fraction of sp³-hybridized carbons (Fsp3) is 0.269. The van der Waals surface area contributed by atoms with Crippen molar-refractivity contribution in [3.8, 4) is 11.1 Å². The number of hydrogen-bond donors (Lipinski definition) is 4. The van der Waals surface area contributed by atoms with Crippen LogP contribution in [0.15, 0.2) is 46.0 Å². The van der Waals surface area contributed by atoms with Gasteiger partial charge in [0.25, 0.3) is 11.5 Å². The quantitative estimate of drug-likeness (QED) is 0.298. The van der Waals surface area contributed by atoms with E-state index >= 15 is 0 Å². The third-order valence-electron chi connectivity index (χ3n) is 6.05. The molecule has 42 heavy (non-hydrogen) atoms. The largest absolute Gasteiger partial charge is 0.490 e. The number of nitrogens with zero attached hydrogens (tertiary/aromatic N) is 2. The van der Waals surface area contributed by atoms with Crippen molar-refractivity contribution >= 4 is 17.8 Å². The van der Waals surface area contributed by atoms with Crippen molar-refractivity contribution in [2.75, 3.05) is 0 Å². The smallest absolute Gasteiger partial charge is 0.480 e. The third-order valence-corrected chi connectivity index (χ3v) is 6.05. The monoisotopic (exact) mass is 600 g/mol. The van der Waals surface area contributed by atoms with Gasteiger partial charge in [-0.1, -0.05) is 24.3 Å². The molecule has 0 unspecified atom stereocenters. The van der Waals surface area contributed by atoms with E-state index in [9.17, 15) is 46.2 Å². The number of hydrogen-bond acceptors (Lipinski definition) is 6. The fourth-order valence-electron chi connectivity index (χ4n) is 3.71. The summed E-state index contributed by atoms with van der Waals surface area (Å²) in [4.78, 5) is 57.8. The molecule has 226 valence electrons. The van der Waals surface area contributed by atoms with E-state index < -0.39 is 58.5 Å². The number of carboxylic acid groups (broad SMARTS) is 2. The molecule has 0 spiro atoms. The number of benzene rings is 2. The van der Waals surface area contributed by atoms with Gasteiger partial charge in [-0.05, 0) is 35.7 Å². The molecule has 0 aliphatic carbocycles. The highest BCUT2D eigenvalue weighted by atomic mass is 19.4. The van der Waals surface area contributed by atoms with Crippen LogP contribution in [0.5, 0.6) is 0 Å². The van der Waals surface area contributed by atoms with Crippen molar-refractivity contribution in [3.05, 3.63) is 91.3 Å². The van der Waals surface area contributed by atoms with Gasteiger partial charge in [-0.2, -0.15) is 13.2 Å². The summed E-state index contributed by atoms with van der Waals surface area (Å²) in [5, 5.41) is 18.8. The molecule has 3 rings (SSSR count). The van der Waals surface area contributed by atoms with Crippen LogP contribution in [-0.4, -0.2) is 49.4 Å². The van der Waals surface area contributed by atoms with Crippen molar-refractivity contribution < 1.29 is 46.5 Å². The molecule has 2 aromatic carbocycles. The highest BCUT2D eigenvalue weighted by molar-refractivity contribution is 5.97. The molecule has 16 heteroatoms. The number of carboxylic acids is 2. The van der Waals surface area contributed by atoms with Crippen LogP contribution in [0.25, 0.3) is 11.1 Å². The van der Waals surface area contributed by atoms with E-state index in [-0.39, 0.29) is 18.5 Å². The van der Waals surface area contributed by atoms with Gasteiger partial charge in [-0.3, -0.25) is 14.2 Å². The van der Waals surface area contributed by atoms with Gasteiger partial charge in [0.15, 0.2) is 0 Å². The molecule has 0 aliphatic heterocycles. The zero-order chi connectivity index (χ0) is 32.1. The van der Waals surface area contributed by atoms with Crippen LogP contribution >= 0.6 is 0 Å². The zero-order valence-corrected chi connectivity index (χ0v) is 22.3. The summed E-state index contributed by atoms with van der Waals surface area (Å²) in [5.74, 6) is -7.66.